The number of nitrogens with zero attached hydrogens (tertiary/aromatic N) is 4. The van der Waals surface area contributed by atoms with Crippen LogP contribution in [-0.4, -0.2) is 25.5 Å². The fourth-order valence-corrected chi connectivity index (χ4v) is 3.28. The lowest BCUT2D eigenvalue weighted by Gasteiger charge is -2.24. The first kappa shape index (κ1) is 15.6. The number of rotatable bonds is 3. The third-order valence-corrected chi connectivity index (χ3v) is 5.20. The molecule has 1 amide bonds. The Morgan fingerprint density at radius 1 is 1.22 bits per heavy atom. The van der Waals surface area contributed by atoms with E-state index in [1.54, 1.807) is 34.3 Å². The van der Waals surface area contributed by atoms with E-state index in [0.717, 1.165) is 21.2 Å². The normalized spacial score (nSPS) is 11.9. The smallest absolute Gasteiger partial charge is 0.255 e. The first-order chi connectivity index (χ1) is 10.8. The van der Waals surface area contributed by atoms with Gasteiger partial charge in [-0.15, -0.1) is 11.3 Å². The highest BCUT2D eigenvalue weighted by molar-refractivity contribution is 7.11. The van der Waals surface area contributed by atoms with E-state index in [9.17, 15) is 4.79 Å². The van der Waals surface area contributed by atoms with Crippen molar-refractivity contribution in [3.8, 4) is 0 Å². The van der Waals surface area contributed by atoms with E-state index in [1.165, 1.54) is 0 Å². The minimum Gasteiger partial charge on any atom is -0.341 e. The molecule has 0 bridgehead atoms. The molecule has 3 heterocycles. The summed E-state index contributed by atoms with van der Waals surface area (Å²) >= 11 is 1.61. The molecule has 0 aromatic carbocycles. The summed E-state index contributed by atoms with van der Waals surface area (Å²) in [5, 5.41) is 8.09. The second-order valence-electron chi connectivity index (χ2n) is 6.11. The van der Waals surface area contributed by atoms with E-state index in [4.69, 9.17) is 0 Å². The SMILES string of the molecule is Cc1nc2ccnn2cc1C(=O)NC(C)(C)c1nc(C)c(C)s1. The Bertz CT molecular complexity index is 874. The molecule has 0 radical (unpaired) electrons. The van der Waals surface area contributed by atoms with Crippen LogP contribution in [0.5, 0.6) is 0 Å². The van der Waals surface area contributed by atoms with Crippen molar-refractivity contribution >= 4 is 22.9 Å². The Morgan fingerprint density at radius 3 is 2.61 bits per heavy atom. The van der Waals surface area contributed by atoms with Crippen LogP contribution >= 0.6 is 11.3 Å². The number of hydrogen-bond donors (Lipinski definition) is 1. The fraction of sp³-hybridized carbons (Fsp3) is 0.375. The van der Waals surface area contributed by atoms with Gasteiger partial charge in [-0.05, 0) is 34.6 Å². The standard InChI is InChI=1S/C16H19N5OS/c1-9-11(3)23-15(19-9)16(4,5)20-14(22)12-8-21-13(6-7-17-21)18-10(12)2/h6-8H,1-5H3,(H,20,22). The number of hydrogen-bond acceptors (Lipinski definition) is 5. The average Bonchev–Trinajstić information content (AvgIpc) is 3.04. The first-order valence-corrected chi connectivity index (χ1v) is 8.17. The summed E-state index contributed by atoms with van der Waals surface area (Å²) < 4.78 is 1.60. The zero-order chi connectivity index (χ0) is 16.8. The molecule has 3 aromatic rings. The largest absolute Gasteiger partial charge is 0.341 e. The maximum absolute atomic E-state index is 12.7. The molecular formula is C16H19N5OS. The van der Waals surface area contributed by atoms with Crippen molar-refractivity contribution in [2.75, 3.05) is 0 Å². The molecule has 1 N–H and O–H groups in total. The number of carbonyl (C=O) groups is 1. The van der Waals surface area contributed by atoms with Crippen LogP contribution in [0.3, 0.4) is 0 Å². The molecule has 6 nitrogen and oxygen atoms in total. The quantitative estimate of drug-likeness (QED) is 0.802. The molecule has 23 heavy (non-hydrogen) atoms. The summed E-state index contributed by atoms with van der Waals surface area (Å²) in [4.78, 5) is 22.8. The second kappa shape index (κ2) is 5.42. The minimum atomic E-state index is -0.549. The number of aryl methyl sites for hydroxylation is 3. The van der Waals surface area contributed by atoms with E-state index >= 15 is 0 Å². The summed E-state index contributed by atoms with van der Waals surface area (Å²) in [6.07, 6.45) is 3.37. The molecule has 0 atom stereocenters. The second-order valence-corrected chi connectivity index (χ2v) is 7.32. The number of thiazole rings is 1. The van der Waals surface area contributed by atoms with E-state index in [2.05, 4.69) is 20.4 Å². The summed E-state index contributed by atoms with van der Waals surface area (Å²) in [6.45, 7) is 9.75. The third kappa shape index (κ3) is 2.84. The third-order valence-electron chi connectivity index (χ3n) is 3.81. The fourth-order valence-electron chi connectivity index (χ4n) is 2.31. The van der Waals surface area contributed by atoms with Crippen LogP contribution in [0.1, 0.15) is 45.5 Å². The minimum absolute atomic E-state index is 0.178. The molecule has 0 aliphatic rings. The van der Waals surface area contributed by atoms with E-state index in [-0.39, 0.29) is 5.91 Å². The van der Waals surface area contributed by atoms with Crippen molar-refractivity contribution in [2.45, 2.75) is 40.2 Å². The highest BCUT2D eigenvalue weighted by Gasteiger charge is 2.28. The number of fused-ring (bicyclic) bond motifs is 1. The predicted molar refractivity (Wildman–Crippen MR) is 89.8 cm³/mol. The van der Waals surface area contributed by atoms with Crippen LogP contribution in [0.4, 0.5) is 0 Å². The summed E-state index contributed by atoms with van der Waals surface area (Å²) in [5.41, 5.74) is 2.37. The van der Waals surface area contributed by atoms with Crippen LogP contribution in [0.25, 0.3) is 5.65 Å². The van der Waals surface area contributed by atoms with Gasteiger partial charge in [-0.1, -0.05) is 0 Å². The van der Waals surface area contributed by atoms with Gasteiger partial charge in [0.25, 0.3) is 5.91 Å². The highest BCUT2D eigenvalue weighted by Crippen LogP contribution is 2.27. The zero-order valence-corrected chi connectivity index (χ0v) is 14.7. The van der Waals surface area contributed by atoms with Crippen molar-refractivity contribution in [1.82, 2.24) is 24.9 Å². The molecule has 0 saturated heterocycles. The highest BCUT2D eigenvalue weighted by atomic mass is 32.1. The van der Waals surface area contributed by atoms with Gasteiger partial charge < -0.3 is 5.32 Å². The molecular weight excluding hydrogens is 310 g/mol. The zero-order valence-electron chi connectivity index (χ0n) is 13.8. The monoisotopic (exact) mass is 329 g/mol. The Labute approximate surface area is 138 Å². The first-order valence-electron chi connectivity index (χ1n) is 7.36. The van der Waals surface area contributed by atoms with E-state index < -0.39 is 5.54 Å². The number of amides is 1. The van der Waals surface area contributed by atoms with Gasteiger partial charge in [0.05, 0.1) is 28.7 Å². The van der Waals surface area contributed by atoms with Crippen LogP contribution < -0.4 is 5.32 Å². The van der Waals surface area contributed by atoms with E-state index in [1.807, 2.05) is 34.6 Å². The van der Waals surface area contributed by atoms with Gasteiger partial charge in [0.1, 0.15) is 5.01 Å². The number of nitrogens with one attached hydrogen (secondary N) is 1. The molecule has 120 valence electrons. The van der Waals surface area contributed by atoms with Crippen molar-refractivity contribution in [2.24, 2.45) is 0 Å². The Kier molecular flexibility index (Phi) is 3.68. The van der Waals surface area contributed by atoms with Gasteiger partial charge in [-0.25, -0.2) is 14.5 Å². The lowest BCUT2D eigenvalue weighted by atomic mass is 10.1. The van der Waals surface area contributed by atoms with Gasteiger partial charge in [-0.3, -0.25) is 4.79 Å². The lowest BCUT2D eigenvalue weighted by Crippen LogP contribution is -2.41. The Balaban J connectivity index is 1.91. The average molecular weight is 329 g/mol. The van der Waals surface area contributed by atoms with Gasteiger partial charge in [0.15, 0.2) is 5.65 Å². The van der Waals surface area contributed by atoms with Crippen molar-refractivity contribution < 1.29 is 4.79 Å². The van der Waals surface area contributed by atoms with Crippen LogP contribution in [0.15, 0.2) is 18.5 Å². The van der Waals surface area contributed by atoms with Gasteiger partial charge in [0, 0.05) is 17.1 Å². The molecule has 3 rings (SSSR count). The van der Waals surface area contributed by atoms with Crippen molar-refractivity contribution in [3.63, 3.8) is 0 Å². The Hall–Kier alpha value is -2.28. The van der Waals surface area contributed by atoms with Gasteiger partial charge in [-0.2, -0.15) is 5.10 Å². The molecule has 3 aromatic heterocycles. The van der Waals surface area contributed by atoms with E-state index in [0.29, 0.717) is 11.3 Å². The van der Waals surface area contributed by atoms with Crippen LogP contribution in [-0.2, 0) is 5.54 Å². The maximum Gasteiger partial charge on any atom is 0.255 e. The van der Waals surface area contributed by atoms with Crippen molar-refractivity contribution in [3.05, 3.63) is 45.3 Å². The van der Waals surface area contributed by atoms with Crippen LogP contribution in [0, 0.1) is 20.8 Å². The van der Waals surface area contributed by atoms with Crippen molar-refractivity contribution in [1.29, 1.82) is 0 Å². The Morgan fingerprint density at radius 2 is 1.96 bits per heavy atom. The molecule has 7 heteroatoms. The predicted octanol–water partition coefficient (Wildman–Crippen LogP) is 2.78. The van der Waals surface area contributed by atoms with Gasteiger partial charge in [0.2, 0.25) is 0 Å². The molecule has 0 unspecified atom stereocenters. The molecule has 0 fully saturated rings. The number of carbonyl (C=O) groups excluding carboxylic acids is 1. The van der Waals surface area contributed by atoms with Gasteiger partial charge >= 0.3 is 0 Å². The summed E-state index contributed by atoms with van der Waals surface area (Å²) in [7, 11) is 0. The molecule has 0 aliphatic carbocycles. The lowest BCUT2D eigenvalue weighted by molar-refractivity contribution is 0.0910. The molecule has 0 saturated carbocycles. The summed E-state index contributed by atoms with van der Waals surface area (Å²) in [5.74, 6) is -0.178. The summed E-state index contributed by atoms with van der Waals surface area (Å²) in [6, 6.07) is 1.81. The van der Waals surface area contributed by atoms with Crippen LogP contribution in [0.2, 0.25) is 0 Å². The maximum atomic E-state index is 12.7. The number of aromatic nitrogens is 4. The topological polar surface area (TPSA) is 72.2 Å². The molecule has 0 aliphatic heterocycles. The molecule has 0 spiro atoms.